The van der Waals surface area contributed by atoms with Crippen LogP contribution in [0.4, 0.5) is 0 Å². The summed E-state index contributed by atoms with van der Waals surface area (Å²) in [5, 5.41) is 0. The van der Waals surface area contributed by atoms with Crippen LogP contribution in [0.2, 0.25) is 0 Å². The number of carbonyl (C=O) groups is 3. The van der Waals surface area contributed by atoms with Gasteiger partial charge in [-0.3, -0.25) is 14.4 Å². The highest BCUT2D eigenvalue weighted by Crippen LogP contribution is 2.14. The van der Waals surface area contributed by atoms with Gasteiger partial charge in [0.05, 0.1) is 0 Å². The van der Waals surface area contributed by atoms with Crippen LogP contribution in [0, 0.1) is 0 Å². The third kappa shape index (κ3) is 51.2. The number of rotatable bonds is 47. The molecule has 0 bridgehead atoms. The minimum absolute atomic E-state index is 0.106. The summed E-state index contributed by atoms with van der Waals surface area (Å²) in [6.07, 6.45) is 69.6. The average molecular weight is 903 g/mol. The standard InChI is InChI=1S/C59H98O6/c1-4-7-10-13-16-19-22-25-27-29-31-34-37-40-43-46-49-52-58(61)64-55-56(54-63-57(60)51-48-45-42-39-36-33-24-21-18-15-12-9-6-3)65-59(62)53-50-47-44-41-38-35-32-30-28-26-23-20-17-14-11-8-5-2/h7,10,16-17,19-20,25-28,31-32,34-35,41,44,56H,4-6,8-9,11-15,18,21-24,29-30,33,36-40,42-43,45-55H2,1-3H3/b10-7-,19-16-,20-17-,27-25-,28-26-,34-31-,35-32-,44-41-/t56-/m0/s1. The van der Waals surface area contributed by atoms with Crippen LogP contribution in [0.15, 0.2) is 97.2 Å². The van der Waals surface area contributed by atoms with Crippen LogP contribution in [0.1, 0.15) is 239 Å². The van der Waals surface area contributed by atoms with Gasteiger partial charge in [0, 0.05) is 19.3 Å². The number of carbonyl (C=O) groups excluding carboxylic acids is 3. The Balaban J connectivity index is 4.52. The summed E-state index contributed by atoms with van der Waals surface area (Å²) < 4.78 is 16.8. The predicted molar refractivity (Wildman–Crippen MR) is 279 cm³/mol. The fourth-order valence-corrected chi connectivity index (χ4v) is 7.07. The van der Waals surface area contributed by atoms with Gasteiger partial charge >= 0.3 is 17.9 Å². The van der Waals surface area contributed by atoms with Crippen LogP contribution in [0.3, 0.4) is 0 Å². The molecule has 0 saturated carbocycles. The molecule has 0 unspecified atom stereocenters. The van der Waals surface area contributed by atoms with Gasteiger partial charge in [-0.05, 0) is 96.3 Å². The molecule has 65 heavy (non-hydrogen) atoms. The summed E-state index contributed by atoms with van der Waals surface area (Å²) in [6.45, 7) is 6.43. The molecule has 0 aromatic carbocycles. The van der Waals surface area contributed by atoms with Crippen molar-refractivity contribution in [1.82, 2.24) is 0 Å². The van der Waals surface area contributed by atoms with E-state index in [0.717, 1.165) is 103 Å². The zero-order valence-electron chi connectivity index (χ0n) is 42.2. The lowest BCUT2D eigenvalue weighted by molar-refractivity contribution is -0.167. The highest BCUT2D eigenvalue weighted by atomic mass is 16.6. The quantitative estimate of drug-likeness (QED) is 0.0262. The van der Waals surface area contributed by atoms with Crippen molar-refractivity contribution in [3.8, 4) is 0 Å². The van der Waals surface area contributed by atoms with Gasteiger partial charge < -0.3 is 14.2 Å². The van der Waals surface area contributed by atoms with Gasteiger partial charge in [0.25, 0.3) is 0 Å². The fourth-order valence-electron chi connectivity index (χ4n) is 7.07. The van der Waals surface area contributed by atoms with Crippen molar-refractivity contribution in [3.63, 3.8) is 0 Å². The lowest BCUT2D eigenvalue weighted by atomic mass is 10.0. The maximum atomic E-state index is 12.8. The molecule has 0 aliphatic heterocycles. The Morgan fingerprint density at radius 1 is 0.323 bits per heavy atom. The van der Waals surface area contributed by atoms with Crippen LogP contribution in [-0.4, -0.2) is 37.2 Å². The Hall–Kier alpha value is -3.67. The summed E-state index contributed by atoms with van der Waals surface area (Å²) in [5.74, 6) is -0.988. The molecule has 0 rings (SSSR count). The highest BCUT2D eigenvalue weighted by Gasteiger charge is 2.19. The van der Waals surface area contributed by atoms with Crippen molar-refractivity contribution in [2.45, 2.75) is 245 Å². The number of hydrogen-bond donors (Lipinski definition) is 0. The molecule has 0 heterocycles. The molecule has 6 nitrogen and oxygen atoms in total. The molecule has 0 amide bonds. The molecule has 0 aliphatic carbocycles. The average Bonchev–Trinajstić information content (AvgIpc) is 3.30. The van der Waals surface area contributed by atoms with E-state index in [1.807, 2.05) is 0 Å². The monoisotopic (exact) mass is 903 g/mol. The zero-order chi connectivity index (χ0) is 47.2. The summed E-state index contributed by atoms with van der Waals surface area (Å²) in [4.78, 5) is 38.0. The fraction of sp³-hybridized carbons (Fsp3) is 0.678. The number of hydrogen-bond acceptors (Lipinski definition) is 6. The van der Waals surface area contributed by atoms with Crippen LogP contribution in [0.25, 0.3) is 0 Å². The Kier molecular flexibility index (Phi) is 50.0. The first-order valence-electron chi connectivity index (χ1n) is 26.7. The summed E-state index contributed by atoms with van der Waals surface area (Å²) in [5.41, 5.74) is 0. The molecule has 1 atom stereocenters. The van der Waals surface area contributed by atoms with Gasteiger partial charge in [-0.25, -0.2) is 0 Å². The minimum atomic E-state index is -0.815. The molecule has 0 spiro atoms. The van der Waals surface area contributed by atoms with E-state index in [-0.39, 0.29) is 37.5 Å². The van der Waals surface area contributed by atoms with Gasteiger partial charge in [-0.15, -0.1) is 0 Å². The molecule has 0 radical (unpaired) electrons. The van der Waals surface area contributed by atoms with Crippen molar-refractivity contribution < 1.29 is 28.6 Å². The largest absolute Gasteiger partial charge is 0.462 e. The number of ether oxygens (including phenoxy) is 3. The van der Waals surface area contributed by atoms with Crippen molar-refractivity contribution in [2.24, 2.45) is 0 Å². The van der Waals surface area contributed by atoms with Gasteiger partial charge in [0.1, 0.15) is 13.2 Å². The topological polar surface area (TPSA) is 78.9 Å². The Morgan fingerprint density at radius 3 is 1.02 bits per heavy atom. The number of unbranched alkanes of at least 4 members (excludes halogenated alkanes) is 20. The SMILES string of the molecule is CC/C=C\C/C=C\C/C=C\C/C=C\CCCCCCC(=O)OC[C@H](COC(=O)CCCCCCCCCCCCCCC)OC(=O)CCC/C=C\C/C=C\C/C=C\C/C=C\CCCCC. The maximum Gasteiger partial charge on any atom is 0.306 e. The first kappa shape index (κ1) is 61.3. The molecule has 0 aromatic rings. The van der Waals surface area contributed by atoms with Crippen molar-refractivity contribution in [2.75, 3.05) is 13.2 Å². The molecule has 0 N–H and O–H groups in total. The van der Waals surface area contributed by atoms with Gasteiger partial charge in [-0.1, -0.05) is 221 Å². The Morgan fingerprint density at radius 2 is 0.615 bits per heavy atom. The van der Waals surface area contributed by atoms with E-state index in [4.69, 9.17) is 14.2 Å². The Bertz CT molecular complexity index is 1310. The zero-order valence-corrected chi connectivity index (χ0v) is 42.2. The van der Waals surface area contributed by atoms with E-state index in [1.54, 1.807) is 0 Å². The summed E-state index contributed by atoms with van der Waals surface area (Å²) >= 11 is 0. The second-order valence-electron chi connectivity index (χ2n) is 17.4. The van der Waals surface area contributed by atoms with E-state index >= 15 is 0 Å². The van der Waals surface area contributed by atoms with Crippen molar-refractivity contribution in [3.05, 3.63) is 97.2 Å². The molecular weight excluding hydrogens is 805 g/mol. The number of esters is 3. The minimum Gasteiger partial charge on any atom is -0.462 e. The number of allylic oxidation sites excluding steroid dienone is 16. The third-order valence-corrected chi connectivity index (χ3v) is 11.1. The van der Waals surface area contributed by atoms with Gasteiger partial charge in [0.2, 0.25) is 0 Å². The van der Waals surface area contributed by atoms with E-state index in [1.165, 1.54) is 89.9 Å². The predicted octanol–water partition coefficient (Wildman–Crippen LogP) is 17.8. The van der Waals surface area contributed by atoms with Crippen molar-refractivity contribution >= 4 is 17.9 Å². The Labute approximate surface area is 400 Å². The molecule has 370 valence electrons. The lowest BCUT2D eigenvalue weighted by Gasteiger charge is -2.18. The summed E-state index contributed by atoms with van der Waals surface area (Å²) in [6, 6.07) is 0. The molecule has 0 aliphatic rings. The van der Waals surface area contributed by atoms with Crippen molar-refractivity contribution in [1.29, 1.82) is 0 Å². The normalized spacial score (nSPS) is 12.8. The third-order valence-electron chi connectivity index (χ3n) is 11.1. The summed E-state index contributed by atoms with van der Waals surface area (Å²) in [7, 11) is 0. The van der Waals surface area contributed by atoms with Crippen LogP contribution >= 0.6 is 0 Å². The lowest BCUT2D eigenvalue weighted by Crippen LogP contribution is -2.30. The van der Waals surface area contributed by atoms with E-state index < -0.39 is 6.10 Å². The van der Waals surface area contributed by atoms with Gasteiger partial charge in [-0.2, -0.15) is 0 Å². The van der Waals surface area contributed by atoms with E-state index in [9.17, 15) is 14.4 Å². The molecule has 0 aromatic heterocycles. The second-order valence-corrected chi connectivity index (χ2v) is 17.4. The maximum absolute atomic E-state index is 12.8. The van der Waals surface area contributed by atoms with E-state index in [0.29, 0.717) is 19.3 Å². The van der Waals surface area contributed by atoms with Gasteiger partial charge in [0.15, 0.2) is 6.10 Å². The van der Waals surface area contributed by atoms with Crippen LogP contribution in [-0.2, 0) is 28.6 Å². The highest BCUT2D eigenvalue weighted by molar-refractivity contribution is 5.71. The van der Waals surface area contributed by atoms with Crippen LogP contribution in [0.5, 0.6) is 0 Å². The van der Waals surface area contributed by atoms with Crippen LogP contribution < -0.4 is 0 Å². The first-order valence-corrected chi connectivity index (χ1v) is 26.7. The molecular formula is C59H98O6. The molecule has 0 fully saturated rings. The molecule has 0 saturated heterocycles. The van der Waals surface area contributed by atoms with E-state index in [2.05, 4.69) is 118 Å². The second kappa shape index (κ2) is 52.9. The molecule has 6 heteroatoms. The smallest absolute Gasteiger partial charge is 0.306 e. The first-order chi connectivity index (χ1) is 32.0.